The molecule has 0 aromatic heterocycles. The number of carbonyl (C=O) groups is 1. The highest BCUT2D eigenvalue weighted by Crippen LogP contribution is 2.38. The Bertz CT molecular complexity index is 435. The number of carbonyl (C=O) groups excluding carboxylic acids is 1. The lowest BCUT2D eigenvalue weighted by Gasteiger charge is -2.46. The van der Waals surface area contributed by atoms with E-state index in [0.29, 0.717) is 5.92 Å². The van der Waals surface area contributed by atoms with E-state index in [9.17, 15) is 4.79 Å². The van der Waals surface area contributed by atoms with Gasteiger partial charge in [-0.2, -0.15) is 0 Å². The Morgan fingerprint density at radius 1 is 1.53 bits per heavy atom. The second kappa shape index (κ2) is 4.92. The first-order valence-corrected chi connectivity index (χ1v) is 5.77. The molecule has 3 nitrogen and oxygen atoms in total. The highest BCUT2D eigenvalue weighted by Gasteiger charge is 2.39. The molecule has 1 fully saturated rings. The zero-order valence-electron chi connectivity index (χ0n) is 9.89. The van der Waals surface area contributed by atoms with Crippen LogP contribution in [0.1, 0.15) is 18.5 Å². The van der Waals surface area contributed by atoms with E-state index in [2.05, 4.69) is 30.3 Å². The Balaban J connectivity index is 2.07. The van der Waals surface area contributed by atoms with Gasteiger partial charge >= 0.3 is 6.03 Å². The molecule has 1 N–H and O–H groups in total. The first kappa shape index (κ1) is 11.5. The van der Waals surface area contributed by atoms with Crippen molar-refractivity contribution < 1.29 is 4.79 Å². The lowest BCUT2D eigenvalue weighted by Crippen LogP contribution is -2.55. The topological polar surface area (TPSA) is 32.3 Å². The molecular formula is C14H16N2O. The highest BCUT2D eigenvalue weighted by atomic mass is 16.2. The van der Waals surface area contributed by atoms with Crippen LogP contribution < -0.4 is 5.32 Å². The molecule has 2 rings (SSSR count). The highest BCUT2D eigenvalue weighted by molar-refractivity contribution is 5.76. The minimum atomic E-state index is -0.0742. The second-order valence-corrected chi connectivity index (χ2v) is 4.35. The first-order valence-electron chi connectivity index (χ1n) is 5.77. The van der Waals surface area contributed by atoms with Crippen LogP contribution >= 0.6 is 0 Å². The maximum atomic E-state index is 11.8. The van der Waals surface area contributed by atoms with Crippen molar-refractivity contribution in [3.05, 3.63) is 35.9 Å². The van der Waals surface area contributed by atoms with Crippen molar-refractivity contribution in [3.63, 3.8) is 0 Å². The van der Waals surface area contributed by atoms with E-state index in [1.807, 2.05) is 23.1 Å². The fourth-order valence-electron chi connectivity index (χ4n) is 2.29. The number of benzene rings is 1. The summed E-state index contributed by atoms with van der Waals surface area (Å²) in [4.78, 5) is 13.7. The maximum absolute atomic E-state index is 11.8. The third-order valence-electron chi connectivity index (χ3n) is 3.10. The SMILES string of the molecule is C#CCNC(=O)N1C[C@@H](C)[C@H]1c1ccccc1. The van der Waals surface area contributed by atoms with Crippen LogP contribution in [-0.2, 0) is 0 Å². The van der Waals surface area contributed by atoms with Crippen molar-refractivity contribution >= 4 is 6.03 Å². The Morgan fingerprint density at radius 3 is 2.82 bits per heavy atom. The third kappa shape index (κ3) is 2.26. The summed E-state index contributed by atoms with van der Waals surface area (Å²) in [6.45, 7) is 3.23. The van der Waals surface area contributed by atoms with Crippen molar-refractivity contribution in [2.75, 3.05) is 13.1 Å². The van der Waals surface area contributed by atoms with Gasteiger partial charge in [0, 0.05) is 6.54 Å². The molecule has 0 unspecified atom stereocenters. The molecule has 1 aromatic rings. The van der Waals surface area contributed by atoms with Gasteiger partial charge in [-0.1, -0.05) is 43.2 Å². The number of hydrogen-bond acceptors (Lipinski definition) is 1. The molecule has 1 aromatic carbocycles. The van der Waals surface area contributed by atoms with E-state index in [1.54, 1.807) is 0 Å². The zero-order chi connectivity index (χ0) is 12.3. The van der Waals surface area contributed by atoms with Gasteiger partial charge in [-0.3, -0.25) is 0 Å². The summed E-state index contributed by atoms with van der Waals surface area (Å²) < 4.78 is 0. The molecule has 88 valence electrons. The van der Waals surface area contributed by atoms with Crippen LogP contribution in [0.3, 0.4) is 0 Å². The maximum Gasteiger partial charge on any atom is 0.318 e. The van der Waals surface area contributed by atoms with Gasteiger partial charge in [0.25, 0.3) is 0 Å². The zero-order valence-corrected chi connectivity index (χ0v) is 9.89. The molecule has 0 aliphatic carbocycles. The van der Waals surface area contributed by atoms with Gasteiger partial charge < -0.3 is 10.2 Å². The summed E-state index contributed by atoms with van der Waals surface area (Å²) in [5, 5.41) is 2.71. The van der Waals surface area contributed by atoms with Gasteiger partial charge in [-0.05, 0) is 11.5 Å². The van der Waals surface area contributed by atoms with Crippen molar-refractivity contribution in [1.82, 2.24) is 10.2 Å². The number of hydrogen-bond donors (Lipinski definition) is 1. The molecule has 3 heteroatoms. The monoisotopic (exact) mass is 228 g/mol. The van der Waals surface area contributed by atoms with Crippen molar-refractivity contribution in [2.45, 2.75) is 13.0 Å². The van der Waals surface area contributed by atoms with Crippen molar-refractivity contribution in [3.8, 4) is 12.3 Å². The van der Waals surface area contributed by atoms with Crippen molar-refractivity contribution in [1.29, 1.82) is 0 Å². The van der Waals surface area contributed by atoms with Gasteiger partial charge in [-0.15, -0.1) is 6.42 Å². The molecule has 1 saturated heterocycles. The summed E-state index contributed by atoms with van der Waals surface area (Å²) in [7, 11) is 0. The summed E-state index contributed by atoms with van der Waals surface area (Å²) >= 11 is 0. The molecule has 2 atom stereocenters. The van der Waals surface area contributed by atoms with E-state index in [-0.39, 0.29) is 18.6 Å². The Morgan fingerprint density at radius 2 is 2.24 bits per heavy atom. The summed E-state index contributed by atoms with van der Waals surface area (Å²) in [6.07, 6.45) is 5.13. The molecule has 17 heavy (non-hydrogen) atoms. The smallest absolute Gasteiger partial charge is 0.318 e. The van der Waals surface area contributed by atoms with Crippen LogP contribution in [0.15, 0.2) is 30.3 Å². The summed E-state index contributed by atoms with van der Waals surface area (Å²) in [6, 6.07) is 10.2. The molecule has 2 amide bonds. The van der Waals surface area contributed by atoms with Crippen LogP contribution in [0.2, 0.25) is 0 Å². The van der Waals surface area contributed by atoms with Gasteiger partial charge in [-0.25, -0.2) is 4.79 Å². The normalized spacial score (nSPS) is 22.5. The number of nitrogens with one attached hydrogen (secondary N) is 1. The molecule has 1 aliphatic rings. The largest absolute Gasteiger partial charge is 0.327 e. The van der Waals surface area contributed by atoms with Crippen LogP contribution in [0, 0.1) is 18.3 Å². The number of terminal acetylenes is 1. The molecule has 0 radical (unpaired) electrons. The van der Waals surface area contributed by atoms with Crippen molar-refractivity contribution in [2.24, 2.45) is 5.92 Å². The quantitative estimate of drug-likeness (QED) is 0.772. The predicted molar refractivity (Wildman–Crippen MR) is 67.3 cm³/mol. The Labute approximate surface area is 102 Å². The van der Waals surface area contributed by atoms with Gasteiger partial charge in [0.2, 0.25) is 0 Å². The minimum Gasteiger partial charge on any atom is -0.327 e. The molecule has 0 bridgehead atoms. The first-order chi connectivity index (χ1) is 8.24. The standard InChI is InChI=1S/C14H16N2O/c1-3-9-15-14(17)16-10-11(2)13(16)12-7-5-4-6-8-12/h1,4-8,11,13H,9-10H2,2H3,(H,15,17)/t11-,13+/m1/s1. The molecule has 1 aliphatic heterocycles. The predicted octanol–water partition coefficient (Wildman–Crippen LogP) is 2.02. The molecule has 1 heterocycles. The number of amides is 2. The molecular weight excluding hydrogens is 212 g/mol. The summed E-state index contributed by atoms with van der Waals surface area (Å²) in [5.74, 6) is 2.90. The van der Waals surface area contributed by atoms with E-state index >= 15 is 0 Å². The molecule has 0 saturated carbocycles. The van der Waals surface area contributed by atoms with Crippen LogP contribution in [0.5, 0.6) is 0 Å². The van der Waals surface area contributed by atoms with Gasteiger partial charge in [0.05, 0.1) is 12.6 Å². The fourth-order valence-corrected chi connectivity index (χ4v) is 2.29. The van der Waals surface area contributed by atoms with E-state index < -0.39 is 0 Å². The van der Waals surface area contributed by atoms with Crippen LogP contribution in [0.25, 0.3) is 0 Å². The van der Waals surface area contributed by atoms with Gasteiger partial charge in [0.1, 0.15) is 0 Å². The molecule has 0 spiro atoms. The third-order valence-corrected chi connectivity index (χ3v) is 3.10. The lowest BCUT2D eigenvalue weighted by atomic mass is 9.85. The summed E-state index contributed by atoms with van der Waals surface area (Å²) in [5.41, 5.74) is 1.18. The average molecular weight is 228 g/mol. The second-order valence-electron chi connectivity index (χ2n) is 4.35. The van der Waals surface area contributed by atoms with E-state index in [1.165, 1.54) is 5.56 Å². The number of rotatable bonds is 2. The number of nitrogens with zero attached hydrogens (tertiary/aromatic N) is 1. The fraction of sp³-hybridized carbons (Fsp3) is 0.357. The minimum absolute atomic E-state index is 0.0742. The van der Waals surface area contributed by atoms with E-state index in [0.717, 1.165) is 6.54 Å². The number of likely N-dealkylation sites (tertiary alicyclic amines) is 1. The van der Waals surface area contributed by atoms with Crippen LogP contribution in [-0.4, -0.2) is 24.0 Å². The van der Waals surface area contributed by atoms with E-state index in [4.69, 9.17) is 6.42 Å². The average Bonchev–Trinajstić information content (AvgIpc) is 2.34. The Kier molecular flexibility index (Phi) is 3.34. The lowest BCUT2D eigenvalue weighted by molar-refractivity contribution is 0.0599. The Hall–Kier alpha value is -1.95. The van der Waals surface area contributed by atoms with Gasteiger partial charge in [0.15, 0.2) is 0 Å². The van der Waals surface area contributed by atoms with Crippen LogP contribution in [0.4, 0.5) is 4.79 Å². The number of urea groups is 1.